The van der Waals surface area contributed by atoms with Crippen molar-refractivity contribution in [3.63, 3.8) is 0 Å². The summed E-state index contributed by atoms with van der Waals surface area (Å²) in [7, 11) is 1.56. The monoisotopic (exact) mass is 434 g/mol. The van der Waals surface area contributed by atoms with Gasteiger partial charge in [-0.15, -0.1) is 0 Å². The van der Waals surface area contributed by atoms with Crippen LogP contribution in [0.3, 0.4) is 0 Å². The first-order chi connectivity index (χ1) is 14.9. The van der Waals surface area contributed by atoms with Gasteiger partial charge >= 0.3 is 0 Å². The molecule has 0 radical (unpaired) electrons. The number of anilines is 1. The third-order valence-electron chi connectivity index (χ3n) is 4.52. The molecule has 0 bridgehead atoms. The summed E-state index contributed by atoms with van der Waals surface area (Å²) in [6, 6.07) is 18.2. The fourth-order valence-corrected chi connectivity index (χ4v) is 3.82. The first kappa shape index (κ1) is 22.1. The summed E-state index contributed by atoms with van der Waals surface area (Å²) in [4.78, 5) is 34.1. The van der Waals surface area contributed by atoms with Crippen LogP contribution in [0.25, 0.3) is 11.3 Å². The molecule has 8 heteroatoms. The number of benzene rings is 2. The average molecular weight is 435 g/mol. The number of hydrogen-bond donors (Lipinski definition) is 1. The summed E-state index contributed by atoms with van der Waals surface area (Å²) >= 11 is 1.13. The van der Waals surface area contributed by atoms with Crippen LogP contribution in [-0.4, -0.2) is 34.8 Å². The van der Waals surface area contributed by atoms with Gasteiger partial charge in [-0.1, -0.05) is 30.0 Å². The maximum Gasteiger partial charge on any atom is 0.270 e. The SMILES string of the molecule is COc1ccc(-c2nc(SCC(=O)N(c3ccccc3)C(C)C)[nH]c(=O)c2C#N)cc1. The van der Waals surface area contributed by atoms with E-state index in [0.717, 1.165) is 17.4 Å². The molecule has 0 aliphatic heterocycles. The molecule has 0 fully saturated rings. The van der Waals surface area contributed by atoms with E-state index in [4.69, 9.17) is 4.74 Å². The predicted molar refractivity (Wildman–Crippen MR) is 121 cm³/mol. The van der Waals surface area contributed by atoms with Crippen molar-refractivity contribution in [3.8, 4) is 23.1 Å². The summed E-state index contributed by atoms with van der Waals surface area (Å²) in [6.45, 7) is 3.89. The molecule has 3 aromatic rings. The first-order valence-corrected chi connectivity index (χ1v) is 10.6. The van der Waals surface area contributed by atoms with Crippen LogP contribution in [-0.2, 0) is 4.79 Å². The van der Waals surface area contributed by atoms with E-state index in [2.05, 4.69) is 9.97 Å². The molecule has 31 heavy (non-hydrogen) atoms. The quantitative estimate of drug-likeness (QED) is 0.448. The summed E-state index contributed by atoms with van der Waals surface area (Å²) in [5.41, 5.74) is 1.08. The minimum atomic E-state index is -0.540. The van der Waals surface area contributed by atoms with Crippen LogP contribution in [0.2, 0.25) is 0 Å². The van der Waals surface area contributed by atoms with Crippen LogP contribution in [0.15, 0.2) is 64.5 Å². The third kappa shape index (κ3) is 5.13. The third-order valence-corrected chi connectivity index (χ3v) is 5.38. The summed E-state index contributed by atoms with van der Waals surface area (Å²) in [5.74, 6) is 0.635. The normalized spacial score (nSPS) is 10.5. The smallest absolute Gasteiger partial charge is 0.270 e. The molecule has 0 saturated carbocycles. The Balaban J connectivity index is 1.86. The zero-order valence-corrected chi connectivity index (χ0v) is 18.3. The van der Waals surface area contributed by atoms with Crippen molar-refractivity contribution in [1.29, 1.82) is 5.26 Å². The lowest BCUT2D eigenvalue weighted by Crippen LogP contribution is -2.38. The molecule has 1 amide bonds. The molecule has 3 rings (SSSR count). The number of carbonyl (C=O) groups is 1. The largest absolute Gasteiger partial charge is 0.497 e. The highest BCUT2D eigenvalue weighted by molar-refractivity contribution is 7.99. The summed E-state index contributed by atoms with van der Waals surface area (Å²) < 4.78 is 5.15. The number of ether oxygens (including phenoxy) is 1. The van der Waals surface area contributed by atoms with Crippen molar-refractivity contribution < 1.29 is 9.53 Å². The van der Waals surface area contributed by atoms with Gasteiger partial charge in [-0.05, 0) is 50.2 Å². The number of nitrogens with one attached hydrogen (secondary N) is 1. The molecule has 2 aromatic carbocycles. The van der Waals surface area contributed by atoms with Gasteiger partial charge in [0.15, 0.2) is 5.16 Å². The number of nitrogens with zero attached hydrogens (tertiary/aromatic N) is 3. The van der Waals surface area contributed by atoms with Gasteiger partial charge in [0.2, 0.25) is 5.91 Å². The lowest BCUT2D eigenvalue weighted by atomic mass is 10.1. The van der Waals surface area contributed by atoms with E-state index in [1.807, 2.05) is 50.2 Å². The van der Waals surface area contributed by atoms with Crippen molar-refractivity contribution in [3.05, 3.63) is 70.5 Å². The maximum absolute atomic E-state index is 12.9. The van der Waals surface area contributed by atoms with Crippen LogP contribution in [0.5, 0.6) is 5.75 Å². The summed E-state index contributed by atoms with van der Waals surface area (Å²) in [5, 5.41) is 9.71. The van der Waals surface area contributed by atoms with Crippen LogP contribution in [0.1, 0.15) is 19.4 Å². The Bertz CT molecular complexity index is 1150. The Morgan fingerprint density at radius 3 is 2.45 bits per heavy atom. The predicted octanol–water partition coefficient (Wildman–Crippen LogP) is 3.85. The number of aromatic amines is 1. The van der Waals surface area contributed by atoms with Gasteiger partial charge in [-0.25, -0.2) is 4.98 Å². The van der Waals surface area contributed by atoms with E-state index < -0.39 is 5.56 Å². The molecule has 7 nitrogen and oxygen atoms in total. The van der Waals surface area contributed by atoms with Crippen molar-refractivity contribution in [1.82, 2.24) is 9.97 Å². The van der Waals surface area contributed by atoms with Crippen LogP contribution >= 0.6 is 11.8 Å². The van der Waals surface area contributed by atoms with Gasteiger partial charge in [0.1, 0.15) is 17.4 Å². The number of hydrogen-bond acceptors (Lipinski definition) is 6. The molecule has 158 valence electrons. The van der Waals surface area contributed by atoms with Crippen LogP contribution in [0.4, 0.5) is 5.69 Å². The second kappa shape index (κ2) is 9.96. The Kier molecular flexibility index (Phi) is 7.11. The first-order valence-electron chi connectivity index (χ1n) is 9.63. The number of carbonyl (C=O) groups excluding carboxylic acids is 1. The highest BCUT2D eigenvalue weighted by Crippen LogP contribution is 2.25. The Hall–Kier alpha value is -3.57. The Morgan fingerprint density at radius 1 is 1.19 bits per heavy atom. The standard InChI is InChI=1S/C23H22N4O3S/c1-15(2)27(17-7-5-4-6-8-17)20(28)14-31-23-25-21(19(13-24)22(29)26-23)16-9-11-18(30-3)12-10-16/h4-12,15H,14H2,1-3H3,(H,25,26,29). The molecule has 0 atom stereocenters. The fourth-order valence-electron chi connectivity index (χ4n) is 3.10. The summed E-state index contributed by atoms with van der Waals surface area (Å²) in [6.07, 6.45) is 0. The average Bonchev–Trinajstić information content (AvgIpc) is 2.78. The highest BCUT2D eigenvalue weighted by Gasteiger charge is 2.20. The van der Waals surface area contributed by atoms with Gasteiger partial charge in [0.25, 0.3) is 5.56 Å². The lowest BCUT2D eigenvalue weighted by molar-refractivity contribution is -0.116. The molecular weight excluding hydrogens is 412 g/mol. The van der Waals surface area contributed by atoms with Crippen molar-refractivity contribution in [2.45, 2.75) is 25.0 Å². The van der Waals surface area contributed by atoms with Crippen molar-refractivity contribution in [2.75, 3.05) is 17.8 Å². The molecule has 1 aromatic heterocycles. The van der Waals surface area contributed by atoms with E-state index >= 15 is 0 Å². The molecule has 0 aliphatic rings. The van der Waals surface area contributed by atoms with Gasteiger partial charge in [-0.3, -0.25) is 9.59 Å². The lowest BCUT2D eigenvalue weighted by Gasteiger charge is -2.26. The fraction of sp³-hybridized carbons (Fsp3) is 0.217. The topological polar surface area (TPSA) is 99.1 Å². The number of H-pyrrole nitrogens is 1. The molecular formula is C23H22N4O3S. The van der Waals surface area contributed by atoms with Gasteiger partial charge in [0.05, 0.1) is 18.6 Å². The molecule has 1 N–H and O–H groups in total. The number of nitriles is 1. The van der Waals surface area contributed by atoms with Crippen molar-refractivity contribution in [2.24, 2.45) is 0 Å². The number of rotatable bonds is 7. The van der Waals surface area contributed by atoms with Crippen molar-refractivity contribution >= 4 is 23.4 Å². The zero-order chi connectivity index (χ0) is 22.4. The number of methoxy groups -OCH3 is 1. The number of para-hydroxylation sites is 1. The molecule has 0 unspecified atom stereocenters. The highest BCUT2D eigenvalue weighted by atomic mass is 32.2. The van der Waals surface area contributed by atoms with E-state index in [-0.39, 0.29) is 34.1 Å². The van der Waals surface area contributed by atoms with Gasteiger partial charge < -0.3 is 14.6 Å². The zero-order valence-electron chi connectivity index (χ0n) is 17.5. The number of aromatic nitrogens is 2. The van der Waals surface area contributed by atoms with Crippen LogP contribution in [0, 0.1) is 11.3 Å². The van der Waals surface area contributed by atoms with E-state index in [1.54, 1.807) is 36.3 Å². The van der Waals surface area contributed by atoms with Gasteiger partial charge in [0, 0.05) is 17.3 Å². The van der Waals surface area contributed by atoms with Gasteiger partial charge in [-0.2, -0.15) is 5.26 Å². The number of amides is 1. The minimum absolute atomic E-state index is 0.0293. The maximum atomic E-state index is 12.9. The molecule has 0 saturated heterocycles. The number of thioether (sulfide) groups is 1. The van der Waals surface area contributed by atoms with E-state index in [9.17, 15) is 14.9 Å². The molecule has 0 spiro atoms. The minimum Gasteiger partial charge on any atom is -0.497 e. The van der Waals surface area contributed by atoms with E-state index in [0.29, 0.717) is 11.3 Å². The van der Waals surface area contributed by atoms with E-state index in [1.165, 1.54) is 0 Å². The van der Waals surface area contributed by atoms with Crippen LogP contribution < -0.4 is 15.2 Å². The Labute approximate surface area is 184 Å². The Morgan fingerprint density at radius 2 is 1.87 bits per heavy atom. The second-order valence-corrected chi connectivity index (χ2v) is 7.88. The molecule has 1 heterocycles. The molecule has 0 aliphatic carbocycles. The second-order valence-electron chi connectivity index (χ2n) is 6.92.